The smallest absolute Gasteiger partial charge is 0.247 e. The first-order valence-corrected chi connectivity index (χ1v) is 7.23. The van der Waals surface area contributed by atoms with Crippen molar-refractivity contribution in [2.75, 3.05) is 0 Å². The van der Waals surface area contributed by atoms with Crippen LogP contribution in [0.4, 0.5) is 0 Å². The summed E-state index contributed by atoms with van der Waals surface area (Å²) in [5.41, 5.74) is 0.114. The second-order valence-electron chi connectivity index (χ2n) is 6.36. The van der Waals surface area contributed by atoms with Crippen molar-refractivity contribution >= 4 is 11.8 Å². The van der Waals surface area contributed by atoms with Crippen LogP contribution in [-0.2, 0) is 9.59 Å². The second-order valence-corrected chi connectivity index (χ2v) is 6.36. The van der Waals surface area contributed by atoms with Crippen LogP contribution in [0.2, 0.25) is 0 Å². The van der Waals surface area contributed by atoms with E-state index in [0.717, 1.165) is 38.5 Å². The molecule has 1 N–H and O–H groups in total. The fraction of sp³-hybridized carbons (Fsp3) is 0.857. The van der Waals surface area contributed by atoms with Crippen molar-refractivity contribution < 1.29 is 9.59 Å². The predicted octanol–water partition coefficient (Wildman–Crippen LogP) is 1.59. The number of nitrogens with one attached hydrogen (secondary N) is 1. The molecule has 3 aliphatic rings. The van der Waals surface area contributed by atoms with Gasteiger partial charge in [-0.25, -0.2) is 0 Å². The Bertz CT molecular complexity index is 370. The molecule has 4 nitrogen and oxygen atoms in total. The number of hydrogen-bond donors (Lipinski definition) is 1. The third kappa shape index (κ3) is 2.18. The highest BCUT2D eigenvalue weighted by Crippen LogP contribution is 2.36. The molecule has 1 aliphatic heterocycles. The minimum Gasteiger partial charge on any atom is -0.300 e. The lowest BCUT2D eigenvalue weighted by Crippen LogP contribution is -2.47. The standard InChI is InChI=1S/C14H22N2O2/c1-14(7-8-14)15-11-9-12(17)16(13(11)18)10-5-3-2-4-6-10/h10-11,15H,2-9H2,1H3. The van der Waals surface area contributed by atoms with Gasteiger partial charge in [0.2, 0.25) is 11.8 Å². The summed E-state index contributed by atoms with van der Waals surface area (Å²) in [6, 6.07) is -0.0792. The highest BCUT2D eigenvalue weighted by molar-refractivity contribution is 6.05. The lowest BCUT2D eigenvalue weighted by Gasteiger charge is -2.30. The predicted molar refractivity (Wildman–Crippen MR) is 67.9 cm³/mol. The number of carbonyl (C=O) groups excluding carboxylic acids is 2. The minimum absolute atomic E-state index is 0.0278. The molecule has 0 radical (unpaired) electrons. The van der Waals surface area contributed by atoms with Crippen molar-refractivity contribution in [3.8, 4) is 0 Å². The van der Waals surface area contributed by atoms with Gasteiger partial charge in [-0.2, -0.15) is 0 Å². The van der Waals surface area contributed by atoms with E-state index in [2.05, 4.69) is 12.2 Å². The third-order valence-electron chi connectivity index (χ3n) is 4.65. The number of rotatable bonds is 3. The fourth-order valence-electron chi connectivity index (χ4n) is 3.24. The summed E-state index contributed by atoms with van der Waals surface area (Å²) in [5, 5.41) is 3.37. The van der Waals surface area contributed by atoms with E-state index in [4.69, 9.17) is 0 Å². The van der Waals surface area contributed by atoms with Gasteiger partial charge < -0.3 is 5.32 Å². The molecular formula is C14H22N2O2. The summed E-state index contributed by atoms with van der Waals surface area (Å²) in [6.07, 6.45) is 8.15. The average Bonchev–Trinajstić information content (AvgIpc) is 3.00. The summed E-state index contributed by atoms with van der Waals surface area (Å²) < 4.78 is 0. The van der Waals surface area contributed by atoms with Crippen molar-refractivity contribution in [2.45, 2.75) is 75.9 Å². The molecule has 0 aromatic heterocycles. The Labute approximate surface area is 108 Å². The van der Waals surface area contributed by atoms with Crippen molar-refractivity contribution in [3.63, 3.8) is 0 Å². The summed E-state index contributed by atoms with van der Waals surface area (Å²) in [4.78, 5) is 26.0. The first kappa shape index (κ1) is 12.2. The number of carbonyl (C=O) groups is 2. The Hall–Kier alpha value is -0.900. The van der Waals surface area contributed by atoms with Crippen LogP contribution in [0, 0.1) is 0 Å². The molecule has 2 aliphatic carbocycles. The van der Waals surface area contributed by atoms with E-state index < -0.39 is 0 Å². The van der Waals surface area contributed by atoms with Crippen LogP contribution in [0.25, 0.3) is 0 Å². The minimum atomic E-state index is -0.257. The Morgan fingerprint density at radius 1 is 1.17 bits per heavy atom. The third-order valence-corrected chi connectivity index (χ3v) is 4.65. The zero-order chi connectivity index (χ0) is 12.8. The molecule has 0 aromatic rings. The zero-order valence-corrected chi connectivity index (χ0v) is 11.1. The maximum Gasteiger partial charge on any atom is 0.247 e. The van der Waals surface area contributed by atoms with E-state index in [1.807, 2.05) is 0 Å². The van der Waals surface area contributed by atoms with E-state index in [1.54, 1.807) is 4.90 Å². The first-order valence-electron chi connectivity index (χ1n) is 7.23. The fourth-order valence-corrected chi connectivity index (χ4v) is 3.24. The van der Waals surface area contributed by atoms with Gasteiger partial charge in [0.05, 0.1) is 12.5 Å². The summed E-state index contributed by atoms with van der Waals surface area (Å²) in [7, 11) is 0. The maximum absolute atomic E-state index is 12.4. The summed E-state index contributed by atoms with van der Waals surface area (Å²) >= 11 is 0. The molecular weight excluding hydrogens is 228 g/mol. The van der Waals surface area contributed by atoms with Crippen molar-refractivity contribution in [1.29, 1.82) is 0 Å². The van der Waals surface area contributed by atoms with E-state index in [0.29, 0.717) is 6.42 Å². The zero-order valence-electron chi connectivity index (χ0n) is 11.1. The number of imide groups is 1. The molecule has 4 heteroatoms. The van der Waals surface area contributed by atoms with Gasteiger partial charge in [0.15, 0.2) is 0 Å². The van der Waals surface area contributed by atoms with Gasteiger partial charge in [0.25, 0.3) is 0 Å². The summed E-state index contributed by atoms with van der Waals surface area (Å²) in [5.74, 6) is 0.0636. The molecule has 2 saturated carbocycles. The first-order chi connectivity index (χ1) is 8.59. The van der Waals surface area contributed by atoms with Crippen LogP contribution >= 0.6 is 0 Å². The molecule has 100 valence electrons. The van der Waals surface area contributed by atoms with Crippen molar-refractivity contribution in [3.05, 3.63) is 0 Å². The molecule has 1 saturated heterocycles. The van der Waals surface area contributed by atoms with Gasteiger partial charge >= 0.3 is 0 Å². The van der Waals surface area contributed by atoms with Crippen LogP contribution in [0.15, 0.2) is 0 Å². The lowest BCUT2D eigenvalue weighted by molar-refractivity contribution is -0.142. The van der Waals surface area contributed by atoms with Gasteiger partial charge in [-0.3, -0.25) is 14.5 Å². The Morgan fingerprint density at radius 3 is 2.44 bits per heavy atom. The molecule has 18 heavy (non-hydrogen) atoms. The quantitative estimate of drug-likeness (QED) is 0.774. The molecule has 0 aromatic carbocycles. The van der Waals surface area contributed by atoms with Crippen LogP contribution in [0.5, 0.6) is 0 Å². The topological polar surface area (TPSA) is 49.4 Å². The van der Waals surface area contributed by atoms with Gasteiger partial charge in [0.1, 0.15) is 0 Å². The monoisotopic (exact) mass is 250 g/mol. The molecule has 0 bridgehead atoms. The van der Waals surface area contributed by atoms with Gasteiger partial charge in [-0.05, 0) is 32.6 Å². The summed E-state index contributed by atoms with van der Waals surface area (Å²) in [6.45, 7) is 2.13. The lowest BCUT2D eigenvalue weighted by atomic mass is 9.94. The van der Waals surface area contributed by atoms with Gasteiger partial charge in [0, 0.05) is 11.6 Å². The second kappa shape index (κ2) is 4.34. The number of likely N-dealkylation sites (tertiary alicyclic amines) is 1. The van der Waals surface area contributed by atoms with Crippen LogP contribution in [0.3, 0.4) is 0 Å². The molecule has 0 spiro atoms. The molecule has 3 fully saturated rings. The average molecular weight is 250 g/mol. The molecule has 1 heterocycles. The van der Waals surface area contributed by atoms with Gasteiger partial charge in [-0.1, -0.05) is 19.3 Å². The van der Waals surface area contributed by atoms with Crippen LogP contribution in [0.1, 0.15) is 58.3 Å². The number of hydrogen-bond acceptors (Lipinski definition) is 3. The normalized spacial score (nSPS) is 32.1. The Kier molecular flexibility index (Phi) is 2.93. The highest BCUT2D eigenvalue weighted by Gasteiger charge is 2.47. The Morgan fingerprint density at radius 2 is 1.83 bits per heavy atom. The SMILES string of the molecule is CC1(NC2CC(=O)N(C3CCCCC3)C2=O)CC1. The van der Waals surface area contributed by atoms with E-state index >= 15 is 0 Å². The molecule has 3 rings (SSSR count). The number of nitrogens with zero attached hydrogens (tertiary/aromatic N) is 1. The largest absolute Gasteiger partial charge is 0.300 e. The van der Waals surface area contributed by atoms with E-state index in [-0.39, 0.29) is 29.4 Å². The molecule has 2 amide bonds. The molecule has 1 atom stereocenters. The van der Waals surface area contributed by atoms with Crippen molar-refractivity contribution in [2.24, 2.45) is 0 Å². The van der Waals surface area contributed by atoms with Crippen molar-refractivity contribution in [1.82, 2.24) is 10.2 Å². The maximum atomic E-state index is 12.4. The van der Waals surface area contributed by atoms with E-state index in [9.17, 15) is 9.59 Å². The van der Waals surface area contributed by atoms with Crippen LogP contribution in [-0.4, -0.2) is 34.3 Å². The van der Waals surface area contributed by atoms with Crippen LogP contribution < -0.4 is 5.32 Å². The number of amides is 2. The highest BCUT2D eigenvalue weighted by atomic mass is 16.2. The van der Waals surface area contributed by atoms with Gasteiger partial charge in [-0.15, -0.1) is 0 Å². The molecule has 1 unspecified atom stereocenters. The van der Waals surface area contributed by atoms with E-state index in [1.165, 1.54) is 6.42 Å². The Balaban J connectivity index is 1.67.